The third-order valence-corrected chi connectivity index (χ3v) is 6.77. The van der Waals surface area contributed by atoms with Crippen molar-refractivity contribution in [1.29, 1.82) is 0 Å². The van der Waals surface area contributed by atoms with Crippen molar-refractivity contribution in [3.8, 4) is 22.8 Å². The Kier molecular flexibility index (Phi) is 5.29. The number of benzene rings is 2. The van der Waals surface area contributed by atoms with Crippen molar-refractivity contribution >= 4 is 10.0 Å². The lowest BCUT2D eigenvalue weighted by Gasteiger charge is -2.20. The van der Waals surface area contributed by atoms with Gasteiger partial charge in [0.2, 0.25) is 10.0 Å². The van der Waals surface area contributed by atoms with Crippen molar-refractivity contribution in [2.24, 2.45) is 0 Å². The van der Waals surface area contributed by atoms with Crippen LogP contribution < -0.4 is 9.47 Å². The van der Waals surface area contributed by atoms with E-state index in [-0.39, 0.29) is 17.5 Å². The number of rotatable bonds is 8. The largest absolute Gasteiger partial charge is 0.497 e. The molecule has 0 spiro atoms. The van der Waals surface area contributed by atoms with Crippen molar-refractivity contribution in [3.05, 3.63) is 60.3 Å². The normalized spacial score (nSPS) is 14.2. The molecule has 1 aromatic heterocycles. The van der Waals surface area contributed by atoms with E-state index >= 15 is 0 Å². The highest BCUT2D eigenvalue weighted by molar-refractivity contribution is 7.89. The Balaban J connectivity index is 1.63. The van der Waals surface area contributed by atoms with Crippen LogP contribution in [0, 0.1) is 0 Å². The SMILES string of the molecule is COc1ccc(OC)c(-c2cc(CN(C3CC3)S(=O)(=O)c3ccccc3)no2)c1. The van der Waals surface area contributed by atoms with Crippen molar-refractivity contribution in [3.63, 3.8) is 0 Å². The Bertz CT molecular complexity index is 1090. The highest BCUT2D eigenvalue weighted by atomic mass is 32.2. The average molecular weight is 414 g/mol. The summed E-state index contributed by atoms with van der Waals surface area (Å²) in [7, 11) is -0.452. The molecule has 0 amide bonds. The average Bonchev–Trinajstić information content (AvgIpc) is 3.49. The molecule has 4 rings (SSSR count). The van der Waals surface area contributed by atoms with Gasteiger partial charge in [0.05, 0.1) is 36.9 Å². The molecule has 0 atom stereocenters. The van der Waals surface area contributed by atoms with Crippen LogP contribution >= 0.6 is 0 Å². The smallest absolute Gasteiger partial charge is 0.243 e. The van der Waals surface area contributed by atoms with Gasteiger partial charge in [-0.05, 0) is 43.2 Å². The van der Waals surface area contributed by atoms with Crippen LogP contribution in [0.25, 0.3) is 11.3 Å². The third-order valence-electron chi connectivity index (χ3n) is 4.85. The van der Waals surface area contributed by atoms with Gasteiger partial charge in [0, 0.05) is 12.1 Å². The molecule has 7 nitrogen and oxygen atoms in total. The Morgan fingerprint density at radius 1 is 1.07 bits per heavy atom. The van der Waals surface area contributed by atoms with Crippen LogP contribution in [-0.4, -0.2) is 38.1 Å². The van der Waals surface area contributed by atoms with Gasteiger partial charge in [-0.2, -0.15) is 4.31 Å². The van der Waals surface area contributed by atoms with Crippen LogP contribution in [0.15, 0.2) is 64.0 Å². The van der Waals surface area contributed by atoms with Gasteiger partial charge < -0.3 is 14.0 Å². The summed E-state index contributed by atoms with van der Waals surface area (Å²) in [6.07, 6.45) is 1.70. The molecule has 1 aliphatic rings. The van der Waals surface area contributed by atoms with Crippen LogP contribution in [-0.2, 0) is 16.6 Å². The lowest BCUT2D eigenvalue weighted by molar-refractivity contribution is 0.368. The molecule has 8 heteroatoms. The molecule has 2 aromatic carbocycles. The van der Waals surface area contributed by atoms with Crippen molar-refractivity contribution in [2.75, 3.05) is 14.2 Å². The lowest BCUT2D eigenvalue weighted by Crippen LogP contribution is -2.32. The lowest BCUT2D eigenvalue weighted by atomic mass is 10.1. The monoisotopic (exact) mass is 414 g/mol. The molecular formula is C21H22N2O5S. The zero-order chi connectivity index (χ0) is 20.4. The summed E-state index contributed by atoms with van der Waals surface area (Å²) in [6.45, 7) is 0.150. The number of methoxy groups -OCH3 is 2. The molecule has 29 heavy (non-hydrogen) atoms. The Morgan fingerprint density at radius 3 is 2.48 bits per heavy atom. The summed E-state index contributed by atoms with van der Waals surface area (Å²) in [5.41, 5.74) is 1.23. The van der Waals surface area contributed by atoms with E-state index in [1.165, 1.54) is 4.31 Å². The number of hydrogen-bond donors (Lipinski definition) is 0. The van der Waals surface area contributed by atoms with E-state index in [2.05, 4.69) is 5.16 Å². The molecule has 1 fully saturated rings. The number of sulfonamides is 1. The summed E-state index contributed by atoms with van der Waals surface area (Å²) >= 11 is 0. The second-order valence-corrected chi connectivity index (χ2v) is 8.73. The summed E-state index contributed by atoms with van der Waals surface area (Å²) < 4.78 is 43.9. The van der Waals surface area contributed by atoms with Gasteiger partial charge in [0.1, 0.15) is 11.5 Å². The molecule has 3 aromatic rings. The number of nitrogens with zero attached hydrogens (tertiary/aromatic N) is 2. The van der Waals surface area contributed by atoms with E-state index in [1.54, 1.807) is 68.8 Å². The fourth-order valence-corrected chi connectivity index (χ4v) is 4.86. The van der Waals surface area contributed by atoms with Gasteiger partial charge >= 0.3 is 0 Å². The Hall–Kier alpha value is -2.84. The highest BCUT2D eigenvalue weighted by Gasteiger charge is 2.38. The quantitative estimate of drug-likeness (QED) is 0.559. The van der Waals surface area contributed by atoms with Crippen LogP contribution in [0.2, 0.25) is 0 Å². The molecular weight excluding hydrogens is 392 g/mol. The van der Waals surface area contributed by atoms with E-state index in [4.69, 9.17) is 14.0 Å². The van der Waals surface area contributed by atoms with Crippen molar-refractivity contribution in [2.45, 2.75) is 30.3 Å². The van der Waals surface area contributed by atoms with Crippen LogP contribution in [0.3, 0.4) is 0 Å². The summed E-state index contributed by atoms with van der Waals surface area (Å²) in [5.74, 6) is 1.76. The predicted molar refractivity (Wildman–Crippen MR) is 107 cm³/mol. The van der Waals surface area contributed by atoms with Crippen molar-refractivity contribution < 1.29 is 22.4 Å². The van der Waals surface area contributed by atoms with Gasteiger partial charge in [-0.3, -0.25) is 0 Å². The molecule has 1 heterocycles. The molecule has 0 radical (unpaired) electrons. The second kappa shape index (κ2) is 7.88. The van der Waals surface area contributed by atoms with E-state index < -0.39 is 10.0 Å². The molecule has 0 saturated heterocycles. The first-order valence-corrected chi connectivity index (χ1v) is 10.7. The zero-order valence-electron chi connectivity index (χ0n) is 16.2. The fraction of sp³-hybridized carbons (Fsp3) is 0.286. The van der Waals surface area contributed by atoms with Gasteiger partial charge in [-0.25, -0.2) is 8.42 Å². The van der Waals surface area contributed by atoms with Gasteiger partial charge in [0.15, 0.2) is 5.76 Å². The molecule has 1 aliphatic carbocycles. The number of hydrogen-bond acceptors (Lipinski definition) is 6. The van der Waals surface area contributed by atoms with E-state index in [9.17, 15) is 8.42 Å². The van der Waals surface area contributed by atoms with Gasteiger partial charge in [0.25, 0.3) is 0 Å². The predicted octanol–water partition coefficient (Wildman–Crippen LogP) is 3.71. The third kappa shape index (κ3) is 3.99. The minimum atomic E-state index is -3.61. The molecule has 1 saturated carbocycles. The van der Waals surface area contributed by atoms with Crippen molar-refractivity contribution in [1.82, 2.24) is 9.46 Å². The molecule has 0 unspecified atom stereocenters. The van der Waals surface area contributed by atoms with Crippen LogP contribution in [0.1, 0.15) is 18.5 Å². The molecule has 0 bridgehead atoms. The first kappa shape index (κ1) is 19.5. The standard InChI is InChI=1S/C21H22N2O5S/c1-26-17-10-11-20(27-2)19(13-17)21-12-15(22-28-21)14-23(16-8-9-16)29(24,25)18-6-4-3-5-7-18/h3-7,10-13,16H,8-9,14H2,1-2H3. The van der Waals surface area contributed by atoms with E-state index in [1.807, 2.05) is 0 Å². The molecule has 0 aliphatic heterocycles. The van der Waals surface area contributed by atoms with Crippen LogP contribution in [0.4, 0.5) is 0 Å². The van der Waals surface area contributed by atoms with E-state index in [0.717, 1.165) is 12.8 Å². The minimum absolute atomic E-state index is 0.00767. The highest BCUT2D eigenvalue weighted by Crippen LogP contribution is 2.36. The fourth-order valence-electron chi connectivity index (χ4n) is 3.18. The molecule has 152 valence electrons. The Morgan fingerprint density at radius 2 is 1.83 bits per heavy atom. The first-order valence-electron chi connectivity index (χ1n) is 9.28. The van der Waals surface area contributed by atoms with Crippen LogP contribution in [0.5, 0.6) is 11.5 Å². The number of ether oxygens (including phenoxy) is 2. The maximum absolute atomic E-state index is 13.1. The zero-order valence-corrected chi connectivity index (χ0v) is 17.1. The first-order chi connectivity index (χ1) is 14.0. The topological polar surface area (TPSA) is 81.9 Å². The summed E-state index contributed by atoms with van der Waals surface area (Å²) in [4.78, 5) is 0.282. The van der Waals surface area contributed by atoms with Gasteiger partial charge in [-0.1, -0.05) is 23.4 Å². The van der Waals surface area contributed by atoms with E-state index in [0.29, 0.717) is 28.5 Å². The maximum atomic E-state index is 13.1. The number of aromatic nitrogens is 1. The summed E-state index contributed by atoms with van der Waals surface area (Å²) in [5, 5.41) is 4.10. The Labute approximate surface area is 169 Å². The summed E-state index contributed by atoms with van der Waals surface area (Å²) in [6, 6.07) is 15.6. The maximum Gasteiger partial charge on any atom is 0.243 e. The van der Waals surface area contributed by atoms with Gasteiger partial charge in [-0.15, -0.1) is 0 Å². The second-order valence-electron chi connectivity index (χ2n) is 6.84. The minimum Gasteiger partial charge on any atom is -0.497 e. The molecule has 0 N–H and O–H groups in total.